The predicted molar refractivity (Wildman–Crippen MR) is 101 cm³/mol. The van der Waals surface area contributed by atoms with E-state index in [-0.39, 0.29) is 30.4 Å². The molecule has 1 aromatic carbocycles. The van der Waals surface area contributed by atoms with Crippen LogP contribution in [-0.2, 0) is 16.1 Å². The number of hydrogen-bond donors (Lipinski definition) is 2. The number of phenols is 1. The number of amides is 1. The lowest BCUT2D eigenvalue weighted by molar-refractivity contribution is -0.123. The normalized spacial score (nSPS) is 10.6. The first kappa shape index (κ1) is 20.4. The van der Waals surface area contributed by atoms with Crippen molar-refractivity contribution in [3.8, 4) is 17.7 Å². The fraction of sp³-hybridized carbons (Fsp3) is 0.222. The number of nitrogens with zero attached hydrogens (tertiary/aromatic N) is 3. The summed E-state index contributed by atoms with van der Waals surface area (Å²) in [7, 11) is 1.52. The van der Waals surface area contributed by atoms with Crippen LogP contribution in [0.1, 0.15) is 22.4 Å². The van der Waals surface area contributed by atoms with E-state index in [4.69, 9.17) is 9.47 Å². The van der Waals surface area contributed by atoms with Gasteiger partial charge < -0.3 is 14.6 Å². The molecule has 0 atom stereocenters. The second kappa shape index (κ2) is 9.66. The summed E-state index contributed by atoms with van der Waals surface area (Å²) in [5.41, 5.74) is 4.34. The molecule has 27 heavy (non-hydrogen) atoms. The number of aryl methyl sites for hydroxylation is 1. The first-order valence-electron chi connectivity index (χ1n) is 7.78. The van der Waals surface area contributed by atoms with Crippen molar-refractivity contribution in [2.45, 2.75) is 13.5 Å². The van der Waals surface area contributed by atoms with E-state index in [0.717, 1.165) is 0 Å². The van der Waals surface area contributed by atoms with Crippen LogP contribution in [0.3, 0.4) is 0 Å². The average molecular weight is 433 g/mol. The second-order valence-corrected chi connectivity index (χ2v) is 6.18. The Kier molecular flexibility index (Phi) is 7.28. The molecule has 0 aliphatic heterocycles. The molecule has 8 nitrogen and oxygen atoms in total. The highest BCUT2D eigenvalue weighted by Crippen LogP contribution is 2.29. The Hall–Kier alpha value is -2.96. The SMILES string of the molecule is COCc1c(Br)c(C)nc(OCC(=O)NN=Cc2cccc(O)c2)c1C#N. The molecule has 1 heterocycles. The number of aromatic nitrogens is 1. The molecule has 0 bridgehead atoms. The van der Waals surface area contributed by atoms with Crippen molar-refractivity contribution in [1.29, 1.82) is 5.26 Å². The standard InChI is InChI=1S/C18H17BrN4O4/c1-11-17(19)15(9-26-2)14(7-20)18(22-11)27-10-16(25)23-21-8-12-4-3-5-13(24)6-12/h3-6,8,24H,9-10H2,1-2H3,(H,23,25). The zero-order valence-electron chi connectivity index (χ0n) is 14.7. The van der Waals surface area contributed by atoms with Gasteiger partial charge in [0, 0.05) is 17.1 Å². The van der Waals surface area contributed by atoms with Gasteiger partial charge in [-0.05, 0) is 40.5 Å². The zero-order valence-corrected chi connectivity index (χ0v) is 16.3. The smallest absolute Gasteiger partial charge is 0.278 e. The first-order valence-corrected chi connectivity index (χ1v) is 8.57. The lowest BCUT2D eigenvalue weighted by atomic mass is 10.1. The predicted octanol–water partition coefficient (Wildman–Crippen LogP) is 2.41. The third kappa shape index (κ3) is 5.51. The van der Waals surface area contributed by atoms with E-state index in [1.807, 2.05) is 6.07 Å². The molecule has 2 N–H and O–H groups in total. The molecule has 0 unspecified atom stereocenters. The first-order chi connectivity index (χ1) is 13.0. The number of nitriles is 1. The topological polar surface area (TPSA) is 117 Å². The summed E-state index contributed by atoms with van der Waals surface area (Å²) in [5, 5.41) is 22.6. The van der Waals surface area contributed by atoms with Crippen LogP contribution in [0, 0.1) is 18.3 Å². The number of methoxy groups -OCH3 is 1. The van der Waals surface area contributed by atoms with Crippen LogP contribution in [-0.4, -0.2) is 35.9 Å². The molecule has 2 aromatic rings. The fourth-order valence-corrected chi connectivity index (χ4v) is 2.57. The number of hydrogen-bond acceptors (Lipinski definition) is 7. The highest BCUT2D eigenvalue weighted by molar-refractivity contribution is 9.10. The number of ether oxygens (including phenoxy) is 2. The van der Waals surface area contributed by atoms with E-state index in [1.54, 1.807) is 19.1 Å². The van der Waals surface area contributed by atoms with Crippen LogP contribution in [0.5, 0.6) is 11.6 Å². The van der Waals surface area contributed by atoms with Crippen molar-refractivity contribution in [3.63, 3.8) is 0 Å². The van der Waals surface area contributed by atoms with Gasteiger partial charge in [-0.25, -0.2) is 10.4 Å². The van der Waals surface area contributed by atoms with Crippen LogP contribution in [0.15, 0.2) is 33.8 Å². The number of aromatic hydroxyl groups is 1. The van der Waals surface area contributed by atoms with Gasteiger partial charge in [0.1, 0.15) is 17.4 Å². The van der Waals surface area contributed by atoms with Crippen LogP contribution < -0.4 is 10.2 Å². The minimum Gasteiger partial charge on any atom is -0.508 e. The summed E-state index contributed by atoms with van der Waals surface area (Å²) in [6, 6.07) is 8.43. The highest BCUT2D eigenvalue weighted by atomic mass is 79.9. The van der Waals surface area contributed by atoms with Crippen LogP contribution in [0.4, 0.5) is 0 Å². The number of rotatable bonds is 7. The molecular weight excluding hydrogens is 416 g/mol. The Labute approximate surface area is 164 Å². The number of carbonyl (C=O) groups excluding carboxylic acids is 1. The van der Waals surface area contributed by atoms with Crippen molar-refractivity contribution in [2.24, 2.45) is 5.10 Å². The summed E-state index contributed by atoms with van der Waals surface area (Å²) in [4.78, 5) is 16.1. The minimum absolute atomic E-state index is 0.0531. The van der Waals surface area contributed by atoms with Gasteiger partial charge in [0.2, 0.25) is 5.88 Å². The van der Waals surface area contributed by atoms with Gasteiger partial charge in [0.05, 0.1) is 18.5 Å². The molecule has 0 fully saturated rings. The molecule has 140 valence electrons. The summed E-state index contributed by atoms with van der Waals surface area (Å²) < 4.78 is 11.2. The second-order valence-electron chi connectivity index (χ2n) is 5.39. The van der Waals surface area contributed by atoms with Gasteiger partial charge in [-0.1, -0.05) is 12.1 Å². The van der Waals surface area contributed by atoms with E-state index in [9.17, 15) is 15.2 Å². The van der Waals surface area contributed by atoms with E-state index >= 15 is 0 Å². The average Bonchev–Trinajstić information content (AvgIpc) is 2.64. The molecule has 0 aliphatic rings. The molecule has 0 saturated heterocycles. The van der Waals surface area contributed by atoms with Crippen molar-refractivity contribution >= 4 is 28.1 Å². The molecule has 0 aliphatic carbocycles. The Bertz CT molecular complexity index is 909. The molecule has 9 heteroatoms. The molecular formula is C18H17BrN4O4. The zero-order chi connectivity index (χ0) is 19.8. The van der Waals surface area contributed by atoms with Crippen molar-refractivity contribution < 1.29 is 19.4 Å². The van der Waals surface area contributed by atoms with E-state index < -0.39 is 5.91 Å². The van der Waals surface area contributed by atoms with Crippen LogP contribution in [0.25, 0.3) is 0 Å². The van der Waals surface area contributed by atoms with Gasteiger partial charge in [-0.3, -0.25) is 4.79 Å². The van der Waals surface area contributed by atoms with Crippen molar-refractivity contribution in [3.05, 3.63) is 51.1 Å². The largest absolute Gasteiger partial charge is 0.508 e. The number of pyridine rings is 1. The maximum Gasteiger partial charge on any atom is 0.278 e. The summed E-state index contributed by atoms with van der Waals surface area (Å²) >= 11 is 3.38. The fourth-order valence-electron chi connectivity index (χ4n) is 2.16. The minimum atomic E-state index is -0.522. The quantitative estimate of drug-likeness (QED) is 0.512. The molecule has 2 rings (SSSR count). The van der Waals surface area contributed by atoms with Gasteiger partial charge in [-0.2, -0.15) is 10.4 Å². The number of halogens is 1. The lowest BCUT2D eigenvalue weighted by Crippen LogP contribution is -2.25. The molecule has 0 saturated carbocycles. The van der Waals surface area contributed by atoms with Crippen molar-refractivity contribution in [1.82, 2.24) is 10.4 Å². The third-order valence-corrected chi connectivity index (χ3v) is 4.43. The number of nitrogens with one attached hydrogen (secondary N) is 1. The summed E-state index contributed by atoms with van der Waals surface area (Å²) in [5.74, 6) is -0.371. The third-order valence-electron chi connectivity index (χ3n) is 3.38. The maximum atomic E-state index is 11.9. The summed E-state index contributed by atoms with van der Waals surface area (Å²) in [6.45, 7) is 1.58. The van der Waals surface area contributed by atoms with Crippen LogP contribution in [0.2, 0.25) is 0 Å². The molecule has 0 spiro atoms. The number of hydrazone groups is 1. The Morgan fingerprint density at radius 2 is 2.30 bits per heavy atom. The monoisotopic (exact) mass is 432 g/mol. The number of benzene rings is 1. The van der Waals surface area contributed by atoms with E-state index in [0.29, 0.717) is 21.3 Å². The Morgan fingerprint density at radius 3 is 2.96 bits per heavy atom. The molecule has 1 aromatic heterocycles. The summed E-state index contributed by atoms with van der Waals surface area (Å²) in [6.07, 6.45) is 1.39. The molecule has 1 amide bonds. The van der Waals surface area contributed by atoms with E-state index in [1.165, 1.54) is 25.5 Å². The van der Waals surface area contributed by atoms with Crippen molar-refractivity contribution in [2.75, 3.05) is 13.7 Å². The Balaban J connectivity index is 2.03. The van der Waals surface area contributed by atoms with Gasteiger partial charge >= 0.3 is 0 Å². The highest BCUT2D eigenvalue weighted by Gasteiger charge is 2.18. The Morgan fingerprint density at radius 1 is 1.52 bits per heavy atom. The van der Waals surface area contributed by atoms with Gasteiger partial charge in [-0.15, -0.1) is 0 Å². The van der Waals surface area contributed by atoms with Gasteiger partial charge in [0.15, 0.2) is 6.61 Å². The molecule has 0 radical (unpaired) electrons. The lowest BCUT2D eigenvalue weighted by Gasteiger charge is -2.13. The maximum absolute atomic E-state index is 11.9. The number of carbonyl (C=O) groups is 1. The van der Waals surface area contributed by atoms with E-state index in [2.05, 4.69) is 31.4 Å². The van der Waals surface area contributed by atoms with Crippen LogP contribution >= 0.6 is 15.9 Å². The number of phenolic OH excluding ortho intramolecular Hbond substituents is 1. The van der Waals surface area contributed by atoms with Gasteiger partial charge in [0.25, 0.3) is 5.91 Å².